The highest BCUT2D eigenvalue weighted by Gasteiger charge is 2.36. The van der Waals surface area contributed by atoms with E-state index < -0.39 is 0 Å². The summed E-state index contributed by atoms with van der Waals surface area (Å²) < 4.78 is 0. The van der Waals surface area contributed by atoms with Gasteiger partial charge < -0.3 is 10.6 Å². The molecule has 3 nitrogen and oxygen atoms in total. The average molecular weight is 275 g/mol. The molecule has 3 rings (SSSR count). The Labute approximate surface area is 120 Å². The summed E-state index contributed by atoms with van der Waals surface area (Å²) in [7, 11) is 0. The average Bonchev–Trinajstić information content (AvgIpc) is 2.88. The summed E-state index contributed by atoms with van der Waals surface area (Å²) in [5, 5.41) is 0. The number of pyridine rings is 1. The zero-order chi connectivity index (χ0) is 13.3. The van der Waals surface area contributed by atoms with E-state index in [1.54, 1.807) is 0 Å². The molecule has 2 heterocycles. The first-order valence-electron chi connectivity index (χ1n) is 7.19. The minimum atomic E-state index is 0.381. The van der Waals surface area contributed by atoms with Gasteiger partial charge in [-0.05, 0) is 43.2 Å². The molecule has 1 aliphatic heterocycles. The number of hydrogen-bond acceptors (Lipinski definition) is 3. The van der Waals surface area contributed by atoms with Crippen LogP contribution in [0.4, 0.5) is 5.69 Å². The number of piperidine rings is 1. The van der Waals surface area contributed by atoms with Gasteiger partial charge in [-0.1, -0.05) is 25.1 Å². The molecule has 0 amide bonds. The first-order chi connectivity index (χ1) is 9.19. The molecule has 1 saturated carbocycles. The molecule has 2 fully saturated rings. The maximum Gasteiger partial charge on any atom is 0.122 e. The summed E-state index contributed by atoms with van der Waals surface area (Å²) in [6.07, 6.45) is 10.2. The van der Waals surface area contributed by atoms with Crippen LogP contribution >= 0.6 is 12.2 Å². The van der Waals surface area contributed by atoms with Crippen molar-refractivity contribution in [2.75, 3.05) is 18.0 Å². The molecule has 1 aromatic heterocycles. The van der Waals surface area contributed by atoms with Gasteiger partial charge in [0.15, 0.2) is 0 Å². The maximum atomic E-state index is 5.66. The third kappa shape index (κ3) is 2.59. The van der Waals surface area contributed by atoms with Crippen LogP contribution in [0.3, 0.4) is 0 Å². The van der Waals surface area contributed by atoms with E-state index in [9.17, 15) is 0 Å². The summed E-state index contributed by atoms with van der Waals surface area (Å²) >= 11 is 5.00. The van der Waals surface area contributed by atoms with Gasteiger partial charge >= 0.3 is 0 Å². The number of thiocarbonyl (C=S) groups is 1. The lowest BCUT2D eigenvalue weighted by molar-refractivity contribution is 0.226. The highest BCUT2D eigenvalue weighted by Crippen LogP contribution is 2.46. The van der Waals surface area contributed by atoms with E-state index >= 15 is 0 Å². The number of aromatic nitrogens is 1. The molecule has 1 aliphatic carbocycles. The maximum absolute atomic E-state index is 5.66. The van der Waals surface area contributed by atoms with Crippen molar-refractivity contribution in [3.8, 4) is 0 Å². The van der Waals surface area contributed by atoms with Crippen molar-refractivity contribution in [2.24, 2.45) is 11.1 Å². The van der Waals surface area contributed by atoms with Crippen molar-refractivity contribution in [1.82, 2.24) is 4.98 Å². The van der Waals surface area contributed by atoms with E-state index in [0.717, 1.165) is 18.8 Å². The molecule has 19 heavy (non-hydrogen) atoms. The molecule has 4 heteroatoms. The van der Waals surface area contributed by atoms with Crippen molar-refractivity contribution in [3.05, 3.63) is 24.0 Å². The van der Waals surface area contributed by atoms with Crippen molar-refractivity contribution in [2.45, 2.75) is 38.5 Å². The number of hydrogen-bond donors (Lipinski definition) is 1. The fourth-order valence-electron chi connectivity index (χ4n) is 3.62. The molecule has 0 radical (unpaired) electrons. The molecule has 0 unspecified atom stereocenters. The Morgan fingerprint density at radius 3 is 2.53 bits per heavy atom. The number of rotatable bonds is 2. The fourth-order valence-corrected chi connectivity index (χ4v) is 3.73. The van der Waals surface area contributed by atoms with Crippen LogP contribution in [0, 0.1) is 5.41 Å². The summed E-state index contributed by atoms with van der Waals surface area (Å²) in [5.74, 6) is 0. The van der Waals surface area contributed by atoms with E-state index in [-0.39, 0.29) is 0 Å². The monoisotopic (exact) mass is 275 g/mol. The van der Waals surface area contributed by atoms with Gasteiger partial charge in [0.1, 0.15) is 4.99 Å². The number of nitrogens with zero attached hydrogens (tertiary/aromatic N) is 2. The third-order valence-corrected chi connectivity index (χ3v) is 5.06. The molecule has 2 N–H and O–H groups in total. The van der Waals surface area contributed by atoms with Crippen molar-refractivity contribution in [3.63, 3.8) is 0 Å². The van der Waals surface area contributed by atoms with Crippen LogP contribution in [0.15, 0.2) is 18.3 Å². The Morgan fingerprint density at radius 2 is 1.89 bits per heavy atom. The lowest BCUT2D eigenvalue weighted by Gasteiger charge is -2.40. The lowest BCUT2D eigenvalue weighted by atomic mass is 9.77. The van der Waals surface area contributed by atoms with Crippen LogP contribution < -0.4 is 10.6 Å². The molecular weight excluding hydrogens is 254 g/mol. The largest absolute Gasteiger partial charge is 0.388 e. The first kappa shape index (κ1) is 12.9. The Hall–Kier alpha value is -1.16. The molecule has 0 bridgehead atoms. The van der Waals surface area contributed by atoms with Crippen molar-refractivity contribution >= 4 is 22.9 Å². The van der Waals surface area contributed by atoms with E-state index in [2.05, 4.69) is 16.0 Å². The number of nitrogens with two attached hydrogens (primary N) is 1. The predicted octanol–water partition coefficient (Wildman–Crippen LogP) is 2.88. The second-order valence-electron chi connectivity index (χ2n) is 5.96. The van der Waals surface area contributed by atoms with E-state index in [1.165, 1.54) is 44.2 Å². The second-order valence-corrected chi connectivity index (χ2v) is 6.40. The summed E-state index contributed by atoms with van der Waals surface area (Å²) in [6.45, 7) is 2.31. The molecule has 1 spiro atoms. The Bertz CT molecular complexity index is 470. The van der Waals surface area contributed by atoms with Crippen LogP contribution in [-0.4, -0.2) is 23.1 Å². The predicted molar refractivity (Wildman–Crippen MR) is 82.5 cm³/mol. The standard InChI is InChI=1S/C15H21N3S/c16-14(19)13-11-12(3-8-17-13)18-9-6-15(7-10-18)4-1-2-5-15/h3,8,11H,1-2,4-7,9-10H2,(H2,16,19). The fraction of sp³-hybridized carbons (Fsp3) is 0.600. The highest BCUT2D eigenvalue weighted by molar-refractivity contribution is 7.80. The number of anilines is 1. The van der Waals surface area contributed by atoms with E-state index in [1.807, 2.05) is 12.3 Å². The topological polar surface area (TPSA) is 42.1 Å². The third-order valence-electron chi connectivity index (χ3n) is 4.85. The van der Waals surface area contributed by atoms with Crippen molar-refractivity contribution in [1.29, 1.82) is 0 Å². The van der Waals surface area contributed by atoms with Gasteiger partial charge in [-0.2, -0.15) is 0 Å². The van der Waals surface area contributed by atoms with E-state index in [4.69, 9.17) is 18.0 Å². The zero-order valence-electron chi connectivity index (χ0n) is 11.3. The Balaban J connectivity index is 1.71. The first-order valence-corrected chi connectivity index (χ1v) is 7.60. The second kappa shape index (κ2) is 5.08. The minimum Gasteiger partial charge on any atom is -0.388 e. The van der Waals surface area contributed by atoms with Gasteiger partial charge in [0.05, 0.1) is 5.69 Å². The van der Waals surface area contributed by atoms with Gasteiger partial charge in [-0.15, -0.1) is 0 Å². The molecule has 102 valence electrons. The lowest BCUT2D eigenvalue weighted by Crippen LogP contribution is -2.39. The minimum absolute atomic E-state index is 0.381. The van der Waals surface area contributed by atoms with Gasteiger partial charge in [0, 0.05) is 25.0 Å². The quantitative estimate of drug-likeness (QED) is 0.843. The zero-order valence-corrected chi connectivity index (χ0v) is 12.1. The van der Waals surface area contributed by atoms with Gasteiger partial charge in [0.2, 0.25) is 0 Å². The Kier molecular flexibility index (Phi) is 3.44. The molecule has 1 aromatic rings. The SMILES string of the molecule is NC(=S)c1cc(N2CCC3(CCCC3)CC2)ccn1. The van der Waals surface area contributed by atoms with Gasteiger partial charge in [0.25, 0.3) is 0 Å². The smallest absolute Gasteiger partial charge is 0.122 e. The highest BCUT2D eigenvalue weighted by atomic mass is 32.1. The summed E-state index contributed by atoms with van der Waals surface area (Å²) in [6, 6.07) is 4.09. The van der Waals surface area contributed by atoms with E-state index in [0.29, 0.717) is 10.4 Å². The summed E-state index contributed by atoms with van der Waals surface area (Å²) in [4.78, 5) is 7.04. The van der Waals surface area contributed by atoms with Crippen LogP contribution in [0.2, 0.25) is 0 Å². The molecule has 1 saturated heterocycles. The molecule has 0 aromatic carbocycles. The molecule has 0 atom stereocenters. The summed E-state index contributed by atoms with van der Waals surface area (Å²) in [5.41, 5.74) is 8.26. The van der Waals surface area contributed by atoms with Crippen LogP contribution in [-0.2, 0) is 0 Å². The van der Waals surface area contributed by atoms with Gasteiger partial charge in [-0.3, -0.25) is 4.98 Å². The molecule has 2 aliphatic rings. The Morgan fingerprint density at radius 1 is 1.21 bits per heavy atom. The van der Waals surface area contributed by atoms with Gasteiger partial charge in [-0.25, -0.2) is 0 Å². The van der Waals surface area contributed by atoms with Crippen LogP contribution in [0.5, 0.6) is 0 Å². The normalized spacial score (nSPS) is 21.8. The van der Waals surface area contributed by atoms with Crippen LogP contribution in [0.25, 0.3) is 0 Å². The van der Waals surface area contributed by atoms with Crippen molar-refractivity contribution < 1.29 is 0 Å². The van der Waals surface area contributed by atoms with Crippen LogP contribution in [0.1, 0.15) is 44.2 Å². The molecular formula is C15H21N3S.